The zero-order valence-electron chi connectivity index (χ0n) is 14.8. The van der Waals surface area contributed by atoms with Gasteiger partial charge in [-0.2, -0.15) is 0 Å². The molecule has 0 amide bonds. The highest BCUT2D eigenvalue weighted by Crippen LogP contribution is 2.30. The van der Waals surface area contributed by atoms with E-state index in [1.165, 1.54) is 4.57 Å². The molecule has 0 spiro atoms. The first-order valence-electron chi connectivity index (χ1n) is 7.77. The van der Waals surface area contributed by atoms with E-state index in [0.29, 0.717) is 6.54 Å². The summed E-state index contributed by atoms with van der Waals surface area (Å²) in [6.07, 6.45) is 1.80. The molecule has 0 N–H and O–H groups in total. The fourth-order valence-corrected chi connectivity index (χ4v) is 2.84. The summed E-state index contributed by atoms with van der Waals surface area (Å²) in [6.45, 7) is 14.8. The van der Waals surface area contributed by atoms with Gasteiger partial charge in [-0.15, -0.1) is 0 Å². The molecular weight excluding hydrogens is 264 g/mol. The van der Waals surface area contributed by atoms with Gasteiger partial charge in [0, 0.05) is 30.3 Å². The number of unbranched alkanes of at least 4 members (excludes halogenated alkanes) is 1. The van der Waals surface area contributed by atoms with Crippen molar-refractivity contribution in [3.05, 3.63) is 32.1 Å². The van der Waals surface area contributed by atoms with Crippen molar-refractivity contribution in [3.63, 3.8) is 0 Å². The molecule has 0 aliphatic heterocycles. The van der Waals surface area contributed by atoms with Crippen LogP contribution in [0.3, 0.4) is 0 Å². The van der Waals surface area contributed by atoms with Crippen molar-refractivity contribution < 1.29 is 0 Å². The lowest BCUT2D eigenvalue weighted by atomic mass is 9.78. The maximum Gasteiger partial charge on any atom is 0.330 e. The van der Waals surface area contributed by atoms with E-state index < -0.39 is 0 Å². The van der Waals surface area contributed by atoms with Crippen molar-refractivity contribution >= 4 is 0 Å². The average molecular weight is 294 g/mol. The fraction of sp³-hybridized carbons (Fsp3) is 0.765. The second kappa shape index (κ2) is 5.82. The van der Waals surface area contributed by atoms with Crippen molar-refractivity contribution in [3.8, 4) is 0 Å². The summed E-state index contributed by atoms with van der Waals surface area (Å²) in [4.78, 5) is 25.5. The van der Waals surface area contributed by atoms with Gasteiger partial charge in [-0.05, 0) is 11.8 Å². The normalized spacial score (nSPS) is 12.8. The van der Waals surface area contributed by atoms with Gasteiger partial charge in [-0.3, -0.25) is 13.9 Å². The molecule has 0 aromatic carbocycles. The lowest BCUT2D eigenvalue weighted by molar-refractivity contribution is 0.444. The predicted molar refractivity (Wildman–Crippen MR) is 88.3 cm³/mol. The topological polar surface area (TPSA) is 44.0 Å². The highest BCUT2D eigenvalue weighted by atomic mass is 16.2. The lowest BCUT2D eigenvalue weighted by Gasteiger charge is -2.31. The molecule has 120 valence electrons. The van der Waals surface area contributed by atoms with Crippen LogP contribution in [0.25, 0.3) is 0 Å². The van der Waals surface area contributed by atoms with Gasteiger partial charge in [0.25, 0.3) is 5.56 Å². The zero-order valence-corrected chi connectivity index (χ0v) is 14.8. The first-order chi connectivity index (χ1) is 9.42. The standard InChI is InChI=1S/C17H30N2O2/c1-9-10-11-19-14(20)12(16(2,3)4)13(17(5,6)7)18(8)15(19)21/h9-11H2,1-8H3. The number of nitrogens with zero attached hydrogens (tertiary/aromatic N) is 2. The van der Waals surface area contributed by atoms with Crippen LogP contribution >= 0.6 is 0 Å². The summed E-state index contributed by atoms with van der Waals surface area (Å²) in [5.74, 6) is 0. The molecule has 0 aliphatic rings. The maximum atomic E-state index is 12.9. The Hall–Kier alpha value is -1.32. The third-order valence-corrected chi connectivity index (χ3v) is 3.74. The zero-order chi connectivity index (χ0) is 16.6. The van der Waals surface area contributed by atoms with E-state index in [1.54, 1.807) is 11.6 Å². The van der Waals surface area contributed by atoms with Gasteiger partial charge in [0.1, 0.15) is 0 Å². The van der Waals surface area contributed by atoms with Crippen LogP contribution in [0, 0.1) is 0 Å². The molecule has 1 rings (SSSR count). The predicted octanol–water partition coefficient (Wildman–Crippen LogP) is 2.94. The van der Waals surface area contributed by atoms with Gasteiger partial charge in [0.2, 0.25) is 0 Å². The Bertz CT molecular complexity index is 622. The van der Waals surface area contributed by atoms with Gasteiger partial charge in [0.15, 0.2) is 0 Å². The van der Waals surface area contributed by atoms with Crippen LogP contribution in [0.1, 0.15) is 72.6 Å². The van der Waals surface area contributed by atoms with Gasteiger partial charge < -0.3 is 0 Å². The van der Waals surface area contributed by atoms with Gasteiger partial charge >= 0.3 is 5.69 Å². The Morgan fingerprint density at radius 3 is 1.86 bits per heavy atom. The molecule has 0 saturated heterocycles. The SMILES string of the molecule is CCCCn1c(=O)c(C(C)(C)C)c(C(C)(C)C)n(C)c1=O. The Balaban J connectivity index is 3.86. The Morgan fingerprint density at radius 2 is 1.48 bits per heavy atom. The van der Waals surface area contributed by atoms with Crippen LogP contribution < -0.4 is 11.2 Å². The summed E-state index contributed by atoms with van der Waals surface area (Å²) < 4.78 is 3.07. The summed E-state index contributed by atoms with van der Waals surface area (Å²) in [5.41, 5.74) is 0.736. The third-order valence-electron chi connectivity index (χ3n) is 3.74. The minimum atomic E-state index is -0.293. The Morgan fingerprint density at radius 1 is 0.952 bits per heavy atom. The van der Waals surface area contributed by atoms with Crippen LogP contribution in [0.2, 0.25) is 0 Å². The summed E-state index contributed by atoms with van der Waals surface area (Å²) in [7, 11) is 1.78. The first kappa shape index (κ1) is 17.7. The van der Waals surface area contributed by atoms with Crippen molar-refractivity contribution in [1.82, 2.24) is 9.13 Å². The minimum absolute atomic E-state index is 0.121. The first-order valence-corrected chi connectivity index (χ1v) is 7.77. The molecule has 0 saturated carbocycles. The van der Waals surface area contributed by atoms with Crippen LogP contribution in [0.5, 0.6) is 0 Å². The number of rotatable bonds is 3. The third kappa shape index (κ3) is 3.47. The molecule has 0 atom stereocenters. The molecule has 0 radical (unpaired) electrons. The molecule has 0 unspecified atom stereocenters. The van der Waals surface area contributed by atoms with E-state index in [-0.39, 0.29) is 22.1 Å². The lowest BCUT2D eigenvalue weighted by Crippen LogP contribution is -2.47. The highest BCUT2D eigenvalue weighted by molar-refractivity contribution is 5.31. The molecule has 4 heteroatoms. The van der Waals surface area contributed by atoms with E-state index in [9.17, 15) is 9.59 Å². The second-order valence-corrected chi connectivity index (χ2v) is 7.88. The van der Waals surface area contributed by atoms with Crippen LogP contribution in [0.15, 0.2) is 9.59 Å². The summed E-state index contributed by atoms with van der Waals surface area (Å²) in [5, 5.41) is 0. The Labute approximate surface area is 127 Å². The highest BCUT2D eigenvalue weighted by Gasteiger charge is 2.32. The number of hydrogen-bond donors (Lipinski definition) is 0. The summed E-state index contributed by atoms with van der Waals surface area (Å²) >= 11 is 0. The average Bonchev–Trinajstić information content (AvgIpc) is 2.30. The largest absolute Gasteiger partial charge is 0.330 e. The maximum absolute atomic E-state index is 12.9. The molecule has 0 aliphatic carbocycles. The van der Waals surface area contributed by atoms with E-state index in [1.807, 2.05) is 41.5 Å². The minimum Gasteiger partial charge on any atom is -0.300 e. The molecule has 0 bridgehead atoms. The smallest absolute Gasteiger partial charge is 0.300 e. The van der Waals surface area contributed by atoms with E-state index in [4.69, 9.17) is 0 Å². The number of aromatic nitrogens is 2. The van der Waals surface area contributed by atoms with E-state index >= 15 is 0 Å². The van der Waals surface area contributed by atoms with E-state index in [0.717, 1.165) is 24.1 Å². The molecule has 4 nitrogen and oxygen atoms in total. The van der Waals surface area contributed by atoms with E-state index in [2.05, 4.69) is 6.92 Å². The monoisotopic (exact) mass is 294 g/mol. The van der Waals surface area contributed by atoms with Crippen molar-refractivity contribution in [2.24, 2.45) is 7.05 Å². The number of hydrogen-bond acceptors (Lipinski definition) is 2. The quantitative estimate of drug-likeness (QED) is 0.860. The van der Waals surface area contributed by atoms with Crippen LogP contribution in [0.4, 0.5) is 0 Å². The molecular formula is C17H30N2O2. The molecule has 21 heavy (non-hydrogen) atoms. The molecule has 0 fully saturated rings. The van der Waals surface area contributed by atoms with Crippen molar-refractivity contribution in [1.29, 1.82) is 0 Å². The second-order valence-electron chi connectivity index (χ2n) is 7.88. The van der Waals surface area contributed by atoms with Crippen LogP contribution in [-0.4, -0.2) is 9.13 Å². The molecule has 1 aromatic heterocycles. The van der Waals surface area contributed by atoms with Crippen LogP contribution in [-0.2, 0) is 24.4 Å². The van der Waals surface area contributed by atoms with Gasteiger partial charge in [-0.1, -0.05) is 54.9 Å². The van der Waals surface area contributed by atoms with Gasteiger partial charge in [-0.25, -0.2) is 4.79 Å². The van der Waals surface area contributed by atoms with Crippen molar-refractivity contribution in [2.75, 3.05) is 0 Å². The van der Waals surface area contributed by atoms with Crippen molar-refractivity contribution in [2.45, 2.75) is 78.7 Å². The van der Waals surface area contributed by atoms with Gasteiger partial charge in [0.05, 0.1) is 0 Å². The molecule has 1 aromatic rings. The molecule has 1 heterocycles. The summed E-state index contributed by atoms with van der Waals surface area (Å²) in [6, 6.07) is 0. The Kier molecular flexibility index (Phi) is 4.91. The fourth-order valence-electron chi connectivity index (χ4n) is 2.84.